The first-order valence-electron chi connectivity index (χ1n) is 6.98. The summed E-state index contributed by atoms with van der Waals surface area (Å²) in [5, 5.41) is 1.24. The Bertz CT molecular complexity index is 721. The highest BCUT2D eigenvalue weighted by Gasteiger charge is 2.09. The molecule has 0 atom stereocenters. The lowest BCUT2D eigenvalue weighted by molar-refractivity contribution is 0.564. The Morgan fingerprint density at radius 1 is 1.25 bits per heavy atom. The monoisotopic (exact) mass is 268 g/mol. The van der Waals surface area contributed by atoms with Crippen molar-refractivity contribution in [2.45, 2.75) is 33.0 Å². The van der Waals surface area contributed by atoms with Crippen molar-refractivity contribution < 1.29 is 0 Å². The molecule has 0 aliphatic rings. The fourth-order valence-corrected chi connectivity index (χ4v) is 2.73. The van der Waals surface area contributed by atoms with E-state index in [2.05, 4.69) is 58.4 Å². The summed E-state index contributed by atoms with van der Waals surface area (Å²) in [6.07, 6.45) is 5.97. The fourth-order valence-electron chi connectivity index (χ4n) is 2.73. The zero-order chi connectivity index (χ0) is 14.1. The van der Waals surface area contributed by atoms with Gasteiger partial charge in [0.2, 0.25) is 0 Å². The number of fused-ring (bicyclic) bond motifs is 1. The highest BCUT2D eigenvalue weighted by molar-refractivity contribution is 5.83. The summed E-state index contributed by atoms with van der Waals surface area (Å²) in [6.45, 7) is 5.72. The number of hydrogen-bond acceptors (Lipinski definition) is 2. The minimum Gasteiger partial charge on any atom is -0.341 e. The number of para-hydroxylation sites is 1. The van der Waals surface area contributed by atoms with Crippen molar-refractivity contribution in [3.8, 4) is 0 Å². The van der Waals surface area contributed by atoms with Crippen LogP contribution in [-0.4, -0.2) is 14.1 Å². The van der Waals surface area contributed by atoms with E-state index in [1.165, 1.54) is 22.2 Å². The molecule has 3 aromatic rings. The highest BCUT2D eigenvalue weighted by atomic mass is 15.1. The van der Waals surface area contributed by atoms with Gasteiger partial charge in [0, 0.05) is 25.0 Å². The van der Waals surface area contributed by atoms with Crippen LogP contribution < -0.4 is 5.73 Å². The molecule has 0 bridgehead atoms. The lowest BCUT2D eigenvalue weighted by Crippen LogP contribution is -2.09. The molecule has 0 aliphatic carbocycles. The average molecular weight is 268 g/mol. The summed E-state index contributed by atoms with van der Waals surface area (Å²) in [5.74, 6) is 0. The largest absolute Gasteiger partial charge is 0.341 e. The van der Waals surface area contributed by atoms with Crippen LogP contribution in [0, 0.1) is 0 Å². The number of hydrogen-bond donors (Lipinski definition) is 1. The number of nitrogens with two attached hydrogens (primary N) is 1. The molecule has 2 heterocycles. The van der Waals surface area contributed by atoms with Crippen LogP contribution in [-0.2, 0) is 13.1 Å². The molecule has 0 fully saturated rings. The van der Waals surface area contributed by atoms with Gasteiger partial charge in [0.15, 0.2) is 0 Å². The molecular formula is C16H20N4. The number of imidazole rings is 1. The normalized spacial score (nSPS) is 11.6. The van der Waals surface area contributed by atoms with Crippen LogP contribution >= 0.6 is 0 Å². The summed E-state index contributed by atoms with van der Waals surface area (Å²) >= 11 is 0. The summed E-state index contributed by atoms with van der Waals surface area (Å²) in [5.41, 5.74) is 9.49. The smallest absolute Gasteiger partial charge is 0.0951 e. The first-order chi connectivity index (χ1) is 9.70. The van der Waals surface area contributed by atoms with Crippen molar-refractivity contribution in [3.63, 3.8) is 0 Å². The molecule has 20 heavy (non-hydrogen) atoms. The third kappa shape index (κ3) is 2.12. The van der Waals surface area contributed by atoms with E-state index in [4.69, 9.17) is 5.73 Å². The van der Waals surface area contributed by atoms with Crippen molar-refractivity contribution in [2.24, 2.45) is 5.73 Å². The van der Waals surface area contributed by atoms with Crippen molar-refractivity contribution in [1.29, 1.82) is 0 Å². The maximum Gasteiger partial charge on any atom is 0.0951 e. The van der Waals surface area contributed by atoms with Crippen LogP contribution in [0.5, 0.6) is 0 Å². The molecular weight excluding hydrogens is 248 g/mol. The Morgan fingerprint density at radius 2 is 2.10 bits per heavy atom. The summed E-state index contributed by atoms with van der Waals surface area (Å²) in [7, 11) is 0. The maximum absolute atomic E-state index is 5.86. The molecule has 2 N–H and O–H groups in total. The second-order valence-electron chi connectivity index (χ2n) is 5.39. The molecule has 0 amide bonds. The number of benzene rings is 1. The van der Waals surface area contributed by atoms with Crippen LogP contribution in [0.15, 0.2) is 43.0 Å². The Hall–Kier alpha value is -2.07. The van der Waals surface area contributed by atoms with Gasteiger partial charge in [0.25, 0.3) is 0 Å². The molecule has 4 nitrogen and oxygen atoms in total. The molecule has 3 rings (SSSR count). The predicted molar refractivity (Wildman–Crippen MR) is 81.5 cm³/mol. The zero-order valence-electron chi connectivity index (χ0n) is 12.0. The summed E-state index contributed by atoms with van der Waals surface area (Å²) in [4.78, 5) is 4.27. The molecule has 2 aromatic heterocycles. The Balaban J connectivity index is 2.05. The van der Waals surface area contributed by atoms with Gasteiger partial charge < -0.3 is 14.9 Å². The zero-order valence-corrected chi connectivity index (χ0v) is 12.0. The molecule has 0 unspecified atom stereocenters. The highest BCUT2D eigenvalue weighted by Crippen LogP contribution is 2.21. The van der Waals surface area contributed by atoms with E-state index >= 15 is 0 Å². The van der Waals surface area contributed by atoms with E-state index in [1.54, 1.807) is 0 Å². The van der Waals surface area contributed by atoms with Crippen molar-refractivity contribution in [3.05, 3.63) is 54.2 Å². The lowest BCUT2D eigenvalue weighted by atomic mass is 10.1. The van der Waals surface area contributed by atoms with Gasteiger partial charge in [-0.3, -0.25) is 0 Å². The second-order valence-corrected chi connectivity index (χ2v) is 5.39. The minimum atomic E-state index is 0.420. The Morgan fingerprint density at radius 3 is 2.85 bits per heavy atom. The summed E-state index contributed by atoms with van der Waals surface area (Å²) < 4.78 is 4.46. The standard InChI is InChI=1S/C16H20N4/c1-12(2)20-11-18-9-15(20)10-19-7-6-13-4-3-5-14(8-17)16(13)19/h3-7,9,11-12H,8,10,17H2,1-2H3. The van der Waals surface area contributed by atoms with Crippen LogP contribution in [0.25, 0.3) is 10.9 Å². The van der Waals surface area contributed by atoms with E-state index in [0.717, 1.165) is 6.54 Å². The molecule has 4 heteroatoms. The molecule has 1 aromatic carbocycles. The van der Waals surface area contributed by atoms with Crippen LogP contribution in [0.3, 0.4) is 0 Å². The first-order valence-corrected chi connectivity index (χ1v) is 6.98. The van der Waals surface area contributed by atoms with Crippen molar-refractivity contribution in [1.82, 2.24) is 14.1 Å². The Kier molecular flexibility index (Phi) is 3.32. The van der Waals surface area contributed by atoms with Crippen LogP contribution in [0.4, 0.5) is 0 Å². The van der Waals surface area contributed by atoms with Gasteiger partial charge >= 0.3 is 0 Å². The van der Waals surface area contributed by atoms with Gasteiger partial charge in [-0.1, -0.05) is 18.2 Å². The van der Waals surface area contributed by atoms with E-state index in [9.17, 15) is 0 Å². The van der Waals surface area contributed by atoms with Crippen molar-refractivity contribution in [2.75, 3.05) is 0 Å². The fraction of sp³-hybridized carbons (Fsp3) is 0.312. The quantitative estimate of drug-likeness (QED) is 0.791. The summed E-state index contributed by atoms with van der Waals surface area (Å²) in [6, 6.07) is 8.85. The van der Waals surface area contributed by atoms with Gasteiger partial charge in [0.05, 0.1) is 24.1 Å². The topological polar surface area (TPSA) is 48.8 Å². The maximum atomic E-state index is 5.86. The SMILES string of the molecule is CC(C)n1cncc1Cn1ccc2cccc(CN)c21. The molecule has 0 saturated heterocycles. The van der Waals surface area contributed by atoms with E-state index in [0.29, 0.717) is 12.6 Å². The lowest BCUT2D eigenvalue weighted by Gasteiger charge is -2.14. The van der Waals surface area contributed by atoms with Crippen LogP contribution in [0.1, 0.15) is 31.1 Å². The molecule has 0 spiro atoms. The van der Waals surface area contributed by atoms with Gasteiger partial charge in [-0.15, -0.1) is 0 Å². The van der Waals surface area contributed by atoms with Gasteiger partial charge in [-0.2, -0.15) is 0 Å². The van der Waals surface area contributed by atoms with Gasteiger partial charge in [-0.25, -0.2) is 4.98 Å². The first kappa shape index (κ1) is 12.9. The van der Waals surface area contributed by atoms with E-state index < -0.39 is 0 Å². The molecule has 0 saturated carbocycles. The third-order valence-corrected chi connectivity index (χ3v) is 3.73. The molecule has 104 valence electrons. The van der Waals surface area contributed by atoms with Crippen LogP contribution in [0.2, 0.25) is 0 Å². The van der Waals surface area contributed by atoms with Gasteiger partial charge in [-0.05, 0) is 30.9 Å². The number of nitrogens with zero attached hydrogens (tertiary/aromatic N) is 3. The van der Waals surface area contributed by atoms with E-state index in [-0.39, 0.29) is 0 Å². The molecule has 0 radical (unpaired) electrons. The van der Waals surface area contributed by atoms with E-state index in [1.807, 2.05) is 12.5 Å². The average Bonchev–Trinajstić information content (AvgIpc) is 3.06. The minimum absolute atomic E-state index is 0.420. The predicted octanol–water partition coefficient (Wildman–Crippen LogP) is 2.93. The second kappa shape index (κ2) is 5.13. The number of rotatable bonds is 4. The van der Waals surface area contributed by atoms with Crippen molar-refractivity contribution >= 4 is 10.9 Å². The Labute approximate surface area is 118 Å². The third-order valence-electron chi connectivity index (χ3n) is 3.73. The molecule has 0 aliphatic heterocycles. The van der Waals surface area contributed by atoms with Gasteiger partial charge in [0.1, 0.15) is 0 Å². The number of aromatic nitrogens is 3.